The van der Waals surface area contributed by atoms with Gasteiger partial charge in [-0.05, 0) is 31.0 Å². The molecule has 142 valence electrons. The lowest BCUT2D eigenvalue weighted by Crippen LogP contribution is -2.47. The molecule has 5 atom stereocenters. The first-order chi connectivity index (χ1) is 12.8. The van der Waals surface area contributed by atoms with Gasteiger partial charge in [0, 0.05) is 6.20 Å². The van der Waals surface area contributed by atoms with Gasteiger partial charge in [-0.1, -0.05) is 24.3 Å². The second-order valence-electron chi connectivity index (χ2n) is 7.14. The van der Waals surface area contributed by atoms with E-state index in [1.807, 2.05) is 25.1 Å². The first-order valence-electron chi connectivity index (χ1n) is 8.69. The van der Waals surface area contributed by atoms with E-state index in [0.717, 1.165) is 5.56 Å². The van der Waals surface area contributed by atoms with Crippen molar-refractivity contribution < 1.29 is 20.1 Å². The molecule has 1 aromatic carbocycles. The van der Waals surface area contributed by atoms with Gasteiger partial charge in [-0.2, -0.15) is 0 Å². The van der Waals surface area contributed by atoms with E-state index in [1.54, 1.807) is 22.9 Å². The highest BCUT2D eigenvalue weighted by Gasteiger charge is 2.56. The molecule has 0 radical (unpaired) electrons. The minimum Gasteiger partial charge on any atom is -0.386 e. The fraction of sp³-hybridized carbons (Fsp3) is 0.368. The van der Waals surface area contributed by atoms with Crippen LogP contribution in [0.4, 0.5) is 5.82 Å². The van der Waals surface area contributed by atoms with Crippen LogP contribution in [0.2, 0.25) is 0 Å². The third kappa shape index (κ3) is 2.69. The Morgan fingerprint density at radius 2 is 2.00 bits per heavy atom. The van der Waals surface area contributed by atoms with E-state index >= 15 is 0 Å². The summed E-state index contributed by atoms with van der Waals surface area (Å²) in [5.41, 5.74) is 6.18. The van der Waals surface area contributed by atoms with Crippen molar-refractivity contribution >= 4 is 16.9 Å². The van der Waals surface area contributed by atoms with Crippen LogP contribution in [0.25, 0.3) is 11.0 Å². The van der Waals surface area contributed by atoms with Gasteiger partial charge >= 0.3 is 0 Å². The van der Waals surface area contributed by atoms with Gasteiger partial charge in [-0.15, -0.1) is 0 Å². The van der Waals surface area contributed by atoms with Crippen LogP contribution in [0.5, 0.6) is 0 Å². The lowest BCUT2D eigenvalue weighted by atomic mass is 9.87. The fourth-order valence-electron chi connectivity index (χ4n) is 3.71. The van der Waals surface area contributed by atoms with E-state index in [-0.39, 0.29) is 0 Å². The number of hydrogen-bond donors (Lipinski definition) is 4. The zero-order chi connectivity index (χ0) is 19.3. The summed E-state index contributed by atoms with van der Waals surface area (Å²) in [5, 5.41) is 33.2. The van der Waals surface area contributed by atoms with Crippen LogP contribution in [-0.2, 0) is 4.74 Å². The van der Waals surface area contributed by atoms with E-state index in [0.29, 0.717) is 22.4 Å². The van der Waals surface area contributed by atoms with Crippen molar-refractivity contribution in [1.82, 2.24) is 14.5 Å². The topological polar surface area (TPSA) is 127 Å². The smallest absolute Gasteiger partial charge is 0.164 e. The van der Waals surface area contributed by atoms with Gasteiger partial charge in [0.1, 0.15) is 41.7 Å². The van der Waals surface area contributed by atoms with Gasteiger partial charge in [-0.3, -0.25) is 0 Å². The largest absolute Gasteiger partial charge is 0.386 e. The summed E-state index contributed by atoms with van der Waals surface area (Å²) in [6.45, 7) is 3.33. The quantitative estimate of drug-likeness (QED) is 0.543. The molecule has 1 saturated heterocycles. The molecule has 8 nitrogen and oxygen atoms in total. The Balaban J connectivity index is 1.73. The molecule has 0 amide bonds. The number of aromatic nitrogens is 3. The summed E-state index contributed by atoms with van der Waals surface area (Å²) >= 11 is 0. The van der Waals surface area contributed by atoms with Crippen LogP contribution in [0, 0.1) is 6.92 Å². The van der Waals surface area contributed by atoms with Gasteiger partial charge in [-0.25, -0.2) is 9.97 Å². The Labute approximate surface area is 155 Å². The zero-order valence-electron chi connectivity index (χ0n) is 15.0. The monoisotopic (exact) mass is 370 g/mol. The van der Waals surface area contributed by atoms with E-state index in [1.165, 1.54) is 13.3 Å². The second kappa shape index (κ2) is 6.28. The maximum absolute atomic E-state index is 10.9. The maximum Gasteiger partial charge on any atom is 0.164 e. The second-order valence-corrected chi connectivity index (χ2v) is 7.14. The average molecular weight is 370 g/mol. The highest BCUT2D eigenvalue weighted by molar-refractivity contribution is 5.86. The molecule has 1 aliphatic heterocycles. The summed E-state index contributed by atoms with van der Waals surface area (Å²) in [7, 11) is 0. The summed E-state index contributed by atoms with van der Waals surface area (Å²) in [4.78, 5) is 8.16. The molecule has 27 heavy (non-hydrogen) atoms. The van der Waals surface area contributed by atoms with Gasteiger partial charge in [0.2, 0.25) is 0 Å². The Morgan fingerprint density at radius 1 is 1.26 bits per heavy atom. The number of benzene rings is 1. The molecular weight excluding hydrogens is 348 g/mol. The summed E-state index contributed by atoms with van der Waals surface area (Å²) in [6.07, 6.45) is -1.36. The molecule has 5 N–H and O–H groups in total. The van der Waals surface area contributed by atoms with Gasteiger partial charge < -0.3 is 30.4 Å². The third-order valence-electron chi connectivity index (χ3n) is 5.34. The molecule has 3 heterocycles. The van der Waals surface area contributed by atoms with E-state index in [4.69, 9.17) is 10.5 Å². The van der Waals surface area contributed by atoms with Gasteiger partial charge in [0.25, 0.3) is 0 Å². The Hall–Kier alpha value is -2.52. The van der Waals surface area contributed by atoms with Crippen LogP contribution in [0.1, 0.15) is 30.4 Å². The lowest BCUT2D eigenvalue weighted by molar-refractivity contribution is -0.115. The van der Waals surface area contributed by atoms with Crippen molar-refractivity contribution in [1.29, 1.82) is 0 Å². The van der Waals surface area contributed by atoms with Crippen molar-refractivity contribution in [2.45, 2.75) is 44.0 Å². The number of aryl methyl sites for hydroxylation is 1. The lowest BCUT2D eigenvalue weighted by Gasteiger charge is -2.30. The molecule has 2 aromatic heterocycles. The molecule has 0 aliphatic carbocycles. The number of rotatable bonds is 3. The number of aliphatic hydroxyl groups is 3. The standard InChI is InChI=1S/C19H22N4O4/c1-10-5-3-4-6-11(10)13(24)15-19(2,26)14(25)18(27-15)23-8-7-12-16(20)21-9-22-17(12)23/h3-9,13-15,18,24-26H,1-2H3,(H2,20,21,22)/t13?,14-,15+,18+,19-/m0/s1. The number of nitrogen functional groups attached to an aromatic ring is 1. The van der Waals surface area contributed by atoms with Crippen LogP contribution in [0.3, 0.4) is 0 Å². The minimum atomic E-state index is -1.68. The maximum atomic E-state index is 10.9. The normalized spacial score (nSPS) is 29.3. The molecule has 1 unspecified atom stereocenters. The molecule has 1 aliphatic rings. The summed E-state index contributed by atoms with van der Waals surface area (Å²) in [6, 6.07) is 9.04. The first kappa shape index (κ1) is 17.9. The van der Waals surface area contributed by atoms with E-state index in [2.05, 4.69) is 9.97 Å². The SMILES string of the molecule is Cc1ccccc1C(O)[C@H]1O[C@@H](n2ccc3c(N)ncnc32)[C@H](O)[C@]1(C)O. The minimum absolute atomic E-state index is 0.314. The predicted molar refractivity (Wildman–Crippen MR) is 98.6 cm³/mol. The number of ether oxygens (including phenoxy) is 1. The van der Waals surface area contributed by atoms with E-state index < -0.39 is 30.1 Å². The molecule has 0 spiro atoms. The summed E-state index contributed by atoms with van der Waals surface area (Å²) < 4.78 is 7.56. The van der Waals surface area contributed by atoms with Crippen LogP contribution < -0.4 is 5.73 Å². The Morgan fingerprint density at radius 3 is 2.74 bits per heavy atom. The molecule has 1 fully saturated rings. The average Bonchev–Trinajstić information content (AvgIpc) is 3.16. The van der Waals surface area contributed by atoms with Crippen molar-refractivity contribution in [2.75, 3.05) is 5.73 Å². The Bertz CT molecular complexity index is 987. The predicted octanol–water partition coefficient (Wildman–Crippen LogP) is 1.06. The number of hydrogen-bond acceptors (Lipinski definition) is 7. The number of nitrogens with two attached hydrogens (primary N) is 1. The van der Waals surface area contributed by atoms with Crippen LogP contribution in [-0.4, -0.2) is 47.7 Å². The number of nitrogens with zero attached hydrogens (tertiary/aromatic N) is 3. The first-order valence-corrected chi connectivity index (χ1v) is 8.69. The fourth-order valence-corrected chi connectivity index (χ4v) is 3.71. The molecule has 0 saturated carbocycles. The van der Waals surface area contributed by atoms with Crippen LogP contribution in [0.15, 0.2) is 42.9 Å². The molecular formula is C19H22N4O4. The van der Waals surface area contributed by atoms with Crippen LogP contribution >= 0.6 is 0 Å². The third-order valence-corrected chi connectivity index (χ3v) is 5.34. The number of fused-ring (bicyclic) bond motifs is 1. The van der Waals surface area contributed by atoms with Crippen molar-refractivity contribution in [3.63, 3.8) is 0 Å². The van der Waals surface area contributed by atoms with Crippen molar-refractivity contribution in [2.24, 2.45) is 0 Å². The highest BCUT2D eigenvalue weighted by atomic mass is 16.6. The van der Waals surface area contributed by atoms with Gasteiger partial charge in [0.05, 0.1) is 5.39 Å². The number of aliphatic hydroxyl groups excluding tert-OH is 2. The molecule has 3 aromatic rings. The molecule has 8 heteroatoms. The molecule has 4 rings (SSSR count). The molecule has 0 bridgehead atoms. The number of anilines is 1. The van der Waals surface area contributed by atoms with E-state index in [9.17, 15) is 15.3 Å². The highest BCUT2D eigenvalue weighted by Crippen LogP contribution is 2.43. The van der Waals surface area contributed by atoms with Crippen molar-refractivity contribution in [3.8, 4) is 0 Å². The van der Waals surface area contributed by atoms with Gasteiger partial charge in [0.15, 0.2) is 6.23 Å². The zero-order valence-corrected chi connectivity index (χ0v) is 15.0. The Kier molecular flexibility index (Phi) is 4.15. The summed E-state index contributed by atoms with van der Waals surface area (Å²) in [5.74, 6) is 0.314. The van der Waals surface area contributed by atoms with Crippen molar-refractivity contribution in [3.05, 3.63) is 54.0 Å².